The molecule has 0 saturated heterocycles. The van der Waals surface area contributed by atoms with Gasteiger partial charge in [0, 0.05) is 18.4 Å². The number of nitriles is 1. The first-order chi connectivity index (χ1) is 18.7. The van der Waals surface area contributed by atoms with E-state index >= 15 is 0 Å². The minimum absolute atomic E-state index is 0.0128. The summed E-state index contributed by atoms with van der Waals surface area (Å²) >= 11 is 0. The third-order valence-electron chi connectivity index (χ3n) is 7.57. The van der Waals surface area contributed by atoms with Gasteiger partial charge in [-0.1, -0.05) is 12.8 Å². The van der Waals surface area contributed by atoms with Crippen LogP contribution in [0.1, 0.15) is 71.9 Å². The zero-order valence-electron chi connectivity index (χ0n) is 23.3. The highest BCUT2D eigenvalue weighted by Gasteiger charge is 2.49. The topological polar surface area (TPSA) is 150 Å². The first-order valence-corrected chi connectivity index (χ1v) is 14.8. The Balaban J connectivity index is 1.49. The van der Waals surface area contributed by atoms with E-state index in [0.29, 0.717) is 28.0 Å². The number of aromatic nitrogens is 3. The Morgan fingerprint density at radius 3 is 2.60 bits per heavy atom. The minimum atomic E-state index is -3.96. The molecule has 1 aliphatic carbocycles. The van der Waals surface area contributed by atoms with Crippen molar-refractivity contribution in [3.05, 3.63) is 46.4 Å². The number of sulfonamides is 1. The molecule has 3 aromatic rings. The molecule has 0 bridgehead atoms. The molecule has 2 atom stereocenters. The normalized spacial score (nSPS) is 21.1. The van der Waals surface area contributed by atoms with Crippen molar-refractivity contribution >= 4 is 38.4 Å². The summed E-state index contributed by atoms with van der Waals surface area (Å²) in [5, 5.41) is 18.1. The second-order valence-corrected chi connectivity index (χ2v) is 13.8. The van der Waals surface area contributed by atoms with Crippen LogP contribution in [-0.2, 0) is 26.1 Å². The van der Waals surface area contributed by atoms with Gasteiger partial charge in [0.05, 0.1) is 28.4 Å². The van der Waals surface area contributed by atoms with Gasteiger partial charge in [-0.2, -0.15) is 14.7 Å². The second kappa shape index (κ2) is 9.74. The average Bonchev–Trinajstić information content (AvgIpc) is 3.38. The van der Waals surface area contributed by atoms with E-state index in [4.69, 9.17) is 9.84 Å². The predicted octanol–water partition coefficient (Wildman–Crippen LogP) is 4.35. The number of benzene rings is 1. The highest BCUT2D eigenvalue weighted by Crippen LogP contribution is 2.40. The molecule has 212 valence electrons. The van der Waals surface area contributed by atoms with E-state index in [1.54, 1.807) is 49.8 Å². The van der Waals surface area contributed by atoms with E-state index in [2.05, 4.69) is 16.4 Å². The highest BCUT2D eigenvalue weighted by molar-refractivity contribution is 7.89. The molecule has 1 aliphatic heterocycles. The molecule has 1 aromatic carbocycles. The summed E-state index contributed by atoms with van der Waals surface area (Å²) in [5.74, 6) is -0.510. The molecule has 12 heteroatoms. The minimum Gasteiger partial charge on any atom is -0.459 e. The molecular weight excluding hydrogens is 532 g/mol. The molecule has 2 unspecified atom stereocenters. The van der Waals surface area contributed by atoms with Gasteiger partial charge in [0.25, 0.3) is 5.56 Å². The van der Waals surface area contributed by atoms with Crippen LogP contribution in [0.15, 0.2) is 40.2 Å². The van der Waals surface area contributed by atoms with Crippen molar-refractivity contribution in [3.8, 4) is 6.07 Å². The number of H-pyrrole nitrogens is 1. The molecule has 11 nitrogen and oxygen atoms in total. The van der Waals surface area contributed by atoms with Crippen LogP contribution in [0.25, 0.3) is 10.9 Å². The van der Waals surface area contributed by atoms with Crippen molar-refractivity contribution < 1.29 is 17.9 Å². The number of pyridine rings is 1. The van der Waals surface area contributed by atoms with Crippen LogP contribution >= 0.6 is 0 Å². The first-order valence-electron chi connectivity index (χ1n) is 13.4. The van der Waals surface area contributed by atoms with E-state index in [1.807, 2.05) is 0 Å². The molecule has 0 spiro atoms. The molecule has 2 aliphatic rings. The van der Waals surface area contributed by atoms with Crippen LogP contribution in [-0.4, -0.2) is 44.6 Å². The second-order valence-electron chi connectivity index (χ2n) is 12.0. The van der Waals surface area contributed by atoms with Gasteiger partial charge in [-0.15, -0.1) is 0 Å². The Morgan fingerprint density at radius 1 is 1.18 bits per heavy atom. The van der Waals surface area contributed by atoms with Gasteiger partial charge >= 0.3 is 5.97 Å². The molecule has 2 N–H and O–H groups in total. The molecule has 40 heavy (non-hydrogen) atoms. The number of hydrogen-bond acceptors (Lipinski definition) is 8. The maximum absolute atomic E-state index is 13.4. The Morgan fingerprint density at radius 2 is 1.90 bits per heavy atom. The molecule has 3 heterocycles. The monoisotopic (exact) mass is 566 g/mol. The number of rotatable bonds is 5. The van der Waals surface area contributed by atoms with Crippen LogP contribution < -0.4 is 10.9 Å². The average molecular weight is 567 g/mol. The molecule has 0 radical (unpaired) electrons. The van der Waals surface area contributed by atoms with Crippen molar-refractivity contribution in [3.63, 3.8) is 0 Å². The Hall–Kier alpha value is -3.69. The van der Waals surface area contributed by atoms with Crippen LogP contribution in [0.3, 0.4) is 0 Å². The van der Waals surface area contributed by atoms with Gasteiger partial charge in [0.2, 0.25) is 10.0 Å². The quantitative estimate of drug-likeness (QED) is 0.433. The van der Waals surface area contributed by atoms with Crippen molar-refractivity contribution in [2.24, 2.45) is 5.92 Å². The predicted molar refractivity (Wildman–Crippen MR) is 149 cm³/mol. The number of fused-ring (bicyclic) bond motifs is 2. The van der Waals surface area contributed by atoms with Gasteiger partial charge in [0.15, 0.2) is 5.82 Å². The molecule has 0 amide bonds. The number of esters is 1. The Labute approximate surface area is 233 Å². The lowest BCUT2D eigenvalue weighted by Gasteiger charge is -2.34. The molecule has 1 saturated carbocycles. The summed E-state index contributed by atoms with van der Waals surface area (Å²) in [6, 6.07) is 8.84. The lowest BCUT2D eigenvalue weighted by Crippen LogP contribution is -2.52. The summed E-state index contributed by atoms with van der Waals surface area (Å²) in [7, 11) is -3.96. The molecule has 1 fully saturated rings. The van der Waals surface area contributed by atoms with Crippen LogP contribution in [0.4, 0.5) is 11.5 Å². The van der Waals surface area contributed by atoms with Gasteiger partial charge in [-0.25, -0.2) is 8.42 Å². The van der Waals surface area contributed by atoms with Gasteiger partial charge < -0.3 is 15.0 Å². The number of nitrogens with zero attached hydrogens (tertiary/aromatic N) is 4. The lowest BCUT2D eigenvalue weighted by molar-refractivity contribution is -0.165. The largest absolute Gasteiger partial charge is 0.459 e. The smallest absolute Gasteiger partial charge is 0.327 e. The standard InChI is InChI=1S/C28H34N6O5S/c1-27(2,3)39-26(36)28(4,5)33-16-18-14-19(10-11-22(18)40(33,37)38)31-24-23-21(12-13-30-25(23)35)34(32-24)20-9-7-6-8-17(20)15-29/h10-14,17,20H,6-9,16H2,1-5H3,(H,30,35)(H,31,32). The number of carbonyl (C=O) groups is 1. The molecular formula is C28H34N6O5S. The summed E-state index contributed by atoms with van der Waals surface area (Å²) in [4.78, 5) is 28.6. The van der Waals surface area contributed by atoms with Crippen LogP contribution in [0.5, 0.6) is 0 Å². The fourth-order valence-corrected chi connectivity index (χ4v) is 7.44. The SMILES string of the molecule is CC(C)(C)OC(=O)C(C)(C)N1Cc2cc(Nc3nn(C4CCCCC4C#N)c4cc[nH]c(=O)c34)ccc2S1(=O)=O. The van der Waals surface area contributed by atoms with Crippen LogP contribution in [0.2, 0.25) is 0 Å². The van der Waals surface area contributed by atoms with Crippen molar-refractivity contribution in [1.82, 2.24) is 19.1 Å². The molecule has 2 aromatic heterocycles. The van der Waals surface area contributed by atoms with E-state index in [9.17, 15) is 23.3 Å². The third-order valence-corrected chi connectivity index (χ3v) is 9.69. The Bertz CT molecular complexity index is 1690. The summed E-state index contributed by atoms with van der Waals surface area (Å²) in [5.41, 5.74) is -0.830. The molecule has 5 rings (SSSR count). The zero-order chi connectivity index (χ0) is 29.0. The fraction of sp³-hybridized carbons (Fsp3) is 0.500. The summed E-state index contributed by atoms with van der Waals surface area (Å²) in [6.45, 7) is 8.26. The Kier molecular flexibility index (Phi) is 6.79. The third kappa shape index (κ3) is 4.77. The number of aromatic amines is 1. The maximum atomic E-state index is 13.4. The summed E-state index contributed by atoms with van der Waals surface area (Å²) < 4.78 is 35.3. The zero-order valence-corrected chi connectivity index (χ0v) is 24.1. The van der Waals surface area contributed by atoms with Gasteiger partial charge in [-0.05, 0) is 77.3 Å². The first kappa shape index (κ1) is 27.9. The van der Waals surface area contributed by atoms with Gasteiger partial charge in [0.1, 0.15) is 16.5 Å². The maximum Gasteiger partial charge on any atom is 0.327 e. The number of anilines is 2. The van der Waals surface area contributed by atoms with E-state index in [-0.39, 0.29) is 29.0 Å². The van der Waals surface area contributed by atoms with Crippen molar-refractivity contribution in [1.29, 1.82) is 5.26 Å². The number of nitrogens with one attached hydrogen (secondary N) is 2. The van der Waals surface area contributed by atoms with Crippen molar-refractivity contribution in [2.45, 2.75) is 88.9 Å². The van der Waals surface area contributed by atoms with Gasteiger partial charge in [-0.3, -0.25) is 14.3 Å². The number of carbonyl (C=O) groups excluding carboxylic acids is 1. The number of hydrogen-bond donors (Lipinski definition) is 2. The summed E-state index contributed by atoms with van der Waals surface area (Å²) in [6.07, 6.45) is 5.11. The van der Waals surface area contributed by atoms with E-state index in [0.717, 1.165) is 30.0 Å². The van der Waals surface area contributed by atoms with Crippen molar-refractivity contribution in [2.75, 3.05) is 5.32 Å². The highest BCUT2D eigenvalue weighted by atomic mass is 32.2. The van der Waals surface area contributed by atoms with E-state index < -0.39 is 27.1 Å². The fourth-order valence-electron chi connectivity index (χ4n) is 5.52. The van der Waals surface area contributed by atoms with E-state index in [1.165, 1.54) is 19.9 Å². The van der Waals surface area contributed by atoms with Crippen LogP contribution in [0, 0.1) is 17.2 Å². The number of ether oxygens (including phenoxy) is 1. The lowest BCUT2D eigenvalue weighted by atomic mass is 9.85.